The molecule has 0 radical (unpaired) electrons. The van der Waals surface area contributed by atoms with E-state index >= 15 is 0 Å². The van der Waals surface area contributed by atoms with Gasteiger partial charge in [-0.2, -0.15) is 0 Å². The van der Waals surface area contributed by atoms with Crippen molar-refractivity contribution in [2.45, 2.75) is 39.7 Å². The fraction of sp³-hybridized carbons (Fsp3) is 0.438. The highest BCUT2D eigenvalue weighted by molar-refractivity contribution is 6.30. The van der Waals surface area contributed by atoms with Crippen molar-refractivity contribution in [1.29, 1.82) is 0 Å². The van der Waals surface area contributed by atoms with E-state index in [9.17, 15) is 4.79 Å². The summed E-state index contributed by atoms with van der Waals surface area (Å²) in [5.41, 5.74) is 6.13. The van der Waals surface area contributed by atoms with Gasteiger partial charge in [0.15, 0.2) is 0 Å². The van der Waals surface area contributed by atoms with Crippen molar-refractivity contribution < 1.29 is 4.79 Å². The molecule has 0 heterocycles. The smallest absolute Gasteiger partial charge is 0.234 e. The van der Waals surface area contributed by atoms with E-state index in [4.69, 9.17) is 17.3 Å². The predicted molar refractivity (Wildman–Crippen MR) is 88.8 cm³/mol. The molecule has 1 aromatic rings. The van der Waals surface area contributed by atoms with Crippen LogP contribution in [0.2, 0.25) is 5.02 Å². The first-order valence-corrected chi connectivity index (χ1v) is 7.23. The van der Waals surface area contributed by atoms with Gasteiger partial charge in [-0.15, -0.1) is 13.2 Å². The number of nitrogens with one attached hydrogen (secondary N) is 1. The lowest BCUT2D eigenvalue weighted by Gasteiger charge is -2.02. The molecule has 114 valence electrons. The molecule has 20 heavy (non-hydrogen) atoms. The molecule has 3 nitrogen and oxygen atoms in total. The molecule has 0 aliphatic rings. The summed E-state index contributed by atoms with van der Waals surface area (Å²) in [6, 6.07) is 7.29. The maximum Gasteiger partial charge on any atom is 0.234 e. The number of hydrogen-bond acceptors (Lipinski definition) is 2. The van der Waals surface area contributed by atoms with Gasteiger partial charge in [0, 0.05) is 11.6 Å². The quantitative estimate of drug-likeness (QED) is 0.810. The summed E-state index contributed by atoms with van der Waals surface area (Å²) in [5.74, 6) is -0.157. The molecule has 0 aliphatic carbocycles. The van der Waals surface area contributed by atoms with Gasteiger partial charge in [-0.05, 0) is 17.7 Å². The average Bonchev–Trinajstić information content (AvgIpc) is 2.50. The summed E-state index contributed by atoms with van der Waals surface area (Å²) in [4.78, 5) is 10.8. The average molecular weight is 299 g/mol. The molecular formula is C16H27ClN2O. The maximum absolute atomic E-state index is 10.8. The zero-order chi connectivity index (χ0) is 15.8. The molecule has 3 N–H and O–H groups in total. The van der Waals surface area contributed by atoms with E-state index in [0.717, 1.165) is 5.56 Å². The van der Waals surface area contributed by atoms with Gasteiger partial charge < -0.3 is 11.1 Å². The molecular weight excluding hydrogens is 272 g/mol. The van der Waals surface area contributed by atoms with Crippen LogP contribution in [0.3, 0.4) is 0 Å². The molecule has 0 atom stereocenters. The molecule has 0 aromatic heterocycles. The summed E-state index contributed by atoms with van der Waals surface area (Å²) >= 11 is 5.69. The largest absolute Gasteiger partial charge is 0.351 e. The highest BCUT2D eigenvalue weighted by atomic mass is 35.5. The van der Waals surface area contributed by atoms with E-state index in [2.05, 4.69) is 32.3 Å². The van der Waals surface area contributed by atoms with Crippen molar-refractivity contribution in [2.24, 2.45) is 5.73 Å². The fourth-order valence-electron chi connectivity index (χ4n) is 1.23. The number of rotatable bonds is 5. The highest BCUT2D eigenvalue weighted by Gasteiger charge is 1.96. The molecule has 1 rings (SSSR count). The second-order valence-corrected chi connectivity index (χ2v) is 4.40. The minimum atomic E-state index is -0.157. The minimum absolute atomic E-state index is 0.0214. The molecule has 0 saturated heterocycles. The lowest BCUT2D eigenvalue weighted by atomic mass is 10.2. The Kier molecular flexibility index (Phi) is 16.5. The van der Waals surface area contributed by atoms with Crippen molar-refractivity contribution in [3.8, 4) is 0 Å². The van der Waals surface area contributed by atoms with Crippen LogP contribution in [0, 0.1) is 0 Å². The molecule has 0 saturated carbocycles. The molecule has 0 aliphatic heterocycles. The van der Waals surface area contributed by atoms with E-state index in [-0.39, 0.29) is 12.5 Å². The summed E-state index contributed by atoms with van der Waals surface area (Å²) in [5, 5.41) is 3.35. The van der Waals surface area contributed by atoms with Crippen LogP contribution < -0.4 is 11.1 Å². The lowest BCUT2D eigenvalue weighted by molar-refractivity contribution is -0.119. The zero-order valence-electron chi connectivity index (χ0n) is 12.6. The van der Waals surface area contributed by atoms with Crippen LogP contribution in [0.4, 0.5) is 0 Å². The number of unbranched alkanes of at least 4 members (excludes halogenated alkanes) is 2. The van der Waals surface area contributed by atoms with Gasteiger partial charge in [-0.3, -0.25) is 4.79 Å². The number of amides is 1. The summed E-state index contributed by atoms with van der Waals surface area (Å²) < 4.78 is 0. The van der Waals surface area contributed by atoms with Gasteiger partial charge in [0.1, 0.15) is 0 Å². The molecule has 1 aromatic carbocycles. The Morgan fingerprint density at radius 2 is 1.70 bits per heavy atom. The van der Waals surface area contributed by atoms with Gasteiger partial charge in [0.05, 0.1) is 6.54 Å². The van der Waals surface area contributed by atoms with Crippen LogP contribution in [0.25, 0.3) is 0 Å². The third kappa shape index (κ3) is 13.1. The second-order valence-electron chi connectivity index (χ2n) is 3.96. The van der Waals surface area contributed by atoms with E-state index in [1.165, 1.54) is 19.3 Å². The zero-order valence-corrected chi connectivity index (χ0v) is 13.4. The van der Waals surface area contributed by atoms with Gasteiger partial charge >= 0.3 is 0 Å². The van der Waals surface area contributed by atoms with Crippen molar-refractivity contribution in [3.05, 3.63) is 48.0 Å². The van der Waals surface area contributed by atoms with Crippen molar-refractivity contribution in [1.82, 2.24) is 5.32 Å². The standard InChI is InChI=1S/C9H11ClN2O.C5H12.C2H4/c10-8-3-1-7(2-4-8)6-12-9(13)5-11;1-3-5-4-2;1-2/h1-4H,5-6,11H2,(H,12,13);3-5H2,1-2H3;1-2H2. The Balaban J connectivity index is 0. The number of halogens is 1. The Morgan fingerprint density at radius 3 is 2.05 bits per heavy atom. The monoisotopic (exact) mass is 298 g/mol. The molecule has 4 heteroatoms. The predicted octanol–water partition coefficient (Wildman–Crippen LogP) is 3.91. The van der Waals surface area contributed by atoms with Gasteiger partial charge in [-0.1, -0.05) is 56.8 Å². The van der Waals surface area contributed by atoms with Gasteiger partial charge in [0.25, 0.3) is 0 Å². The van der Waals surface area contributed by atoms with Gasteiger partial charge in [0.2, 0.25) is 5.91 Å². The third-order valence-electron chi connectivity index (χ3n) is 2.30. The van der Waals surface area contributed by atoms with Crippen molar-refractivity contribution in [3.63, 3.8) is 0 Å². The lowest BCUT2D eigenvalue weighted by Crippen LogP contribution is -2.29. The Labute approximate surface area is 128 Å². The fourth-order valence-corrected chi connectivity index (χ4v) is 1.35. The number of carbonyl (C=O) groups excluding carboxylic acids is 1. The number of nitrogens with two attached hydrogens (primary N) is 1. The van der Waals surface area contributed by atoms with E-state index in [0.29, 0.717) is 11.6 Å². The first-order chi connectivity index (χ1) is 9.63. The summed E-state index contributed by atoms with van der Waals surface area (Å²) in [6.45, 7) is 10.9. The van der Waals surface area contributed by atoms with E-state index in [1.54, 1.807) is 12.1 Å². The van der Waals surface area contributed by atoms with E-state index in [1.807, 2.05) is 12.1 Å². The SMILES string of the molecule is C=C.CCCCC.NCC(=O)NCc1ccc(Cl)cc1. The normalized spacial score (nSPS) is 8.60. The van der Waals surface area contributed by atoms with Crippen molar-refractivity contribution >= 4 is 17.5 Å². The van der Waals surface area contributed by atoms with Crippen molar-refractivity contribution in [2.75, 3.05) is 6.54 Å². The first kappa shape index (κ1) is 21.0. The molecule has 0 spiro atoms. The van der Waals surface area contributed by atoms with Crippen LogP contribution >= 0.6 is 11.6 Å². The Hall–Kier alpha value is -1.32. The van der Waals surface area contributed by atoms with Crippen LogP contribution in [-0.4, -0.2) is 12.5 Å². The number of benzene rings is 1. The first-order valence-electron chi connectivity index (χ1n) is 6.85. The van der Waals surface area contributed by atoms with Crippen LogP contribution in [0.5, 0.6) is 0 Å². The maximum atomic E-state index is 10.8. The Morgan fingerprint density at radius 1 is 1.20 bits per heavy atom. The Bertz CT molecular complexity index is 337. The summed E-state index contributed by atoms with van der Waals surface area (Å²) in [6.07, 6.45) is 4.08. The molecule has 0 fully saturated rings. The van der Waals surface area contributed by atoms with E-state index < -0.39 is 0 Å². The minimum Gasteiger partial charge on any atom is -0.351 e. The summed E-state index contributed by atoms with van der Waals surface area (Å²) in [7, 11) is 0. The van der Waals surface area contributed by atoms with Crippen LogP contribution in [0.1, 0.15) is 38.7 Å². The molecule has 0 bridgehead atoms. The topological polar surface area (TPSA) is 55.1 Å². The number of hydrogen-bond donors (Lipinski definition) is 2. The third-order valence-corrected chi connectivity index (χ3v) is 2.55. The molecule has 0 unspecified atom stereocenters. The van der Waals surface area contributed by atoms with Crippen LogP contribution in [-0.2, 0) is 11.3 Å². The second kappa shape index (κ2) is 15.7. The number of carbonyl (C=O) groups is 1. The highest BCUT2D eigenvalue weighted by Crippen LogP contribution is 2.08. The van der Waals surface area contributed by atoms with Crippen LogP contribution in [0.15, 0.2) is 37.4 Å². The molecule has 1 amide bonds. The van der Waals surface area contributed by atoms with Gasteiger partial charge in [-0.25, -0.2) is 0 Å².